The Morgan fingerprint density at radius 1 is 1.03 bits per heavy atom. The number of pyridine rings is 1. The fraction of sp³-hybridized carbons (Fsp3) is 0.828. The molecule has 2 aliphatic heterocycles. The maximum atomic E-state index is 4.94. The van der Waals surface area contributed by atoms with Gasteiger partial charge in [-0.3, -0.25) is 9.88 Å². The second-order valence-corrected chi connectivity index (χ2v) is 12.2. The van der Waals surface area contributed by atoms with Gasteiger partial charge in [0.2, 0.25) is 0 Å². The molecule has 3 rings (SSSR count). The van der Waals surface area contributed by atoms with E-state index in [2.05, 4.69) is 78.3 Å². The monoisotopic (exact) mass is 441 g/mol. The summed E-state index contributed by atoms with van der Waals surface area (Å²) in [7, 11) is 0. The van der Waals surface area contributed by atoms with Crippen molar-refractivity contribution in [2.24, 2.45) is 5.92 Å². The summed E-state index contributed by atoms with van der Waals surface area (Å²) in [5.41, 5.74) is 5.99. The van der Waals surface area contributed by atoms with Crippen molar-refractivity contribution in [2.75, 3.05) is 13.1 Å². The van der Waals surface area contributed by atoms with E-state index in [0.717, 1.165) is 12.3 Å². The molecule has 3 heteroatoms. The minimum Gasteiger partial charge on any atom is -0.300 e. The van der Waals surface area contributed by atoms with Crippen molar-refractivity contribution in [3.05, 3.63) is 28.6 Å². The lowest BCUT2D eigenvalue weighted by atomic mass is 9.76. The van der Waals surface area contributed by atoms with Crippen molar-refractivity contribution in [1.29, 1.82) is 0 Å². The van der Waals surface area contributed by atoms with Crippen molar-refractivity contribution < 1.29 is 0 Å². The Morgan fingerprint density at radius 3 is 2.31 bits per heavy atom. The van der Waals surface area contributed by atoms with Gasteiger partial charge in [-0.15, -0.1) is 0 Å². The molecule has 0 bridgehead atoms. The van der Waals surface area contributed by atoms with Crippen LogP contribution in [0.5, 0.6) is 0 Å². The Kier molecular flexibility index (Phi) is 8.47. The fourth-order valence-corrected chi connectivity index (χ4v) is 7.15. The van der Waals surface area contributed by atoms with Gasteiger partial charge in [-0.05, 0) is 129 Å². The third-order valence-corrected chi connectivity index (χ3v) is 8.65. The van der Waals surface area contributed by atoms with Crippen molar-refractivity contribution in [3.8, 4) is 0 Å². The molecule has 0 radical (unpaired) electrons. The van der Waals surface area contributed by atoms with Gasteiger partial charge in [0.25, 0.3) is 0 Å². The molecule has 2 saturated heterocycles. The molecule has 5 unspecified atom stereocenters. The second-order valence-electron chi connectivity index (χ2n) is 12.2. The first-order chi connectivity index (χ1) is 15.0. The number of rotatable bonds is 6. The lowest BCUT2D eigenvalue weighted by Crippen LogP contribution is -2.57. The van der Waals surface area contributed by atoms with Gasteiger partial charge in [0.05, 0.1) is 0 Å². The maximum absolute atomic E-state index is 4.94. The molecule has 2 fully saturated rings. The second kappa shape index (κ2) is 10.6. The first-order valence-corrected chi connectivity index (χ1v) is 13.5. The zero-order valence-electron chi connectivity index (χ0n) is 22.7. The van der Waals surface area contributed by atoms with E-state index in [0.29, 0.717) is 24.0 Å². The minimum absolute atomic E-state index is 0.237. The lowest BCUT2D eigenvalue weighted by Gasteiger charge is -2.51. The topological polar surface area (TPSA) is 19.4 Å². The van der Waals surface area contributed by atoms with Crippen LogP contribution in [-0.2, 0) is 6.42 Å². The summed E-state index contributed by atoms with van der Waals surface area (Å²) < 4.78 is 0. The molecule has 1 aromatic heterocycles. The van der Waals surface area contributed by atoms with Gasteiger partial charge in [0.1, 0.15) is 0 Å². The highest BCUT2D eigenvalue weighted by Gasteiger charge is 2.39. The van der Waals surface area contributed by atoms with Crippen LogP contribution in [0.2, 0.25) is 0 Å². The predicted molar refractivity (Wildman–Crippen MR) is 139 cm³/mol. The molecule has 0 aliphatic carbocycles. The van der Waals surface area contributed by atoms with Crippen LogP contribution in [0.4, 0.5) is 0 Å². The molecule has 1 aromatic rings. The predicted octanol–water partition coefficient (Wildman–Crippen LogP) is 6.90. The van der Waals surface area contributed by atoms with Crippen LogP contribution in [-0.4, -0.2) is 51.5 Å². The first kappa shape index (κ1) is 25.7. The molecular formula is C29H51N3. The van der Waals surface area contributed by atoms with Crippen molar-refractivity contribution in [3.63, 3.8) is 0 Å². The Labute approximate surface area is 199 Å². The molecule has 0 N–H and O–H groups in total. The van der Waals surface area contributed by atoms with Crippen LogP contribution in [0, 0.1) is 19.8 Å². The summed E-state index contributed by atoms with van der Waals surface area (Å²) in [5, 5.41) is 0. The number of hydrogen-bond acceptors (Lipinski definition) is 3. The zero-order valence-corrected chi connectivity index (χ0v) is 22.7. The van der Waals surface area contributed by atoms with Crippen LogP contribution >= 0.6 is 0 Å². The van der Waals surface area contributed by atoms with Gasteiger partial charge in [-0.1, -0.05) is 13.3 Å². The molecule has 0 aromatic carbocycles. The number of nitrogens with zero attached hydrogens (tertiary/aromatic N) is 3. The molecule has 0 spiro atoms. The normalized spacial score (nSPS) is 28.0. The van der Waals surface area contributed by atoms with Crippen LogP contribution < -0.4 is 0 Å². The van der Waals surface area contributed by atoms with Crippen LogP contribution in [0.1, 0.15) is 115 Å². The largest absolute Gasteiger partial charge is 0.300 e. The van der Waals surface area contributed by atoms with Crippen LogP contribution in [0.25, 0.3) is 0 Å². The van der Waals surface area contributed by atoms with Gasteiger partial charge >= 0.3 is 0 Å². The molecule has 2 aliphatic rings. The zero-order chi connectivity index (χ0) is 23.6. The number of piperidine rings is 2. The average Bonchev–Trinajstić information content (AvgIpc) is 2.72. The Balaban J connectivity index is 1.74. The van der Waals surface area contributed by atoms with Crippen molar-refractivity contribution >= 4 is 0 Å². The van der Waals surface area contributed by atoms with Crippen LogP contribution in [0.15, 0.2) is 6.20 Å². The maximum Gasteiger partial charge on any atom is 0.0451 e. The van der Waals surface area contributed by atoms with Gasteiger partial charge in [0.15, 0.2) is 0 Å². The standard InChI is InChI=1S/C29H51N3/c1-20(17-26-14-13-22(3)32(25(26)6)29(7,8)9)28-21(2)19-30-27(24(28)5)18-23(4)31-15-11-10-12-16-31/h19-20,22-23,25-26H,10-18H2,1-9H3. The van der Waals surface area contributed by atoms with Crippen molar-refractivity contribution in [1.82, 2.24) is 14.8 Å². The van der Waals surface area contributed by atoms with Gasteiger partial charge in [0, 0.05) is 42.0 Å². The third kappa shape index (κ3) is 5.76. The molecule has 32 heavy (non-hydrogen) atoms. The summed E-state index contributed by atoms with van der Waals surface area (Å²) in [6.07, 6.45) is 11.3. The summed E-state index contributed by atoms with van der Waals surface area (Å²) in [5.74, 6) is 1.35. The molecular weight excluding hydrogens is 390 g/mol. The SMILES string of the molecule is Cc1cnc(CC(C)N2CCCCC2)c(C)c1C(C)CC1CCC(C)N(C(C)(C)C)C1C. The van der Waals surface area contributed by atoms with Gasteiger partial charge in [-0.2, -0.15) is 0 Å². The minimum atomic E-state index is 0.237. The van der Waals surface area contributed by atoms with E-state index < -0.39 is 0 Å². The Bertz CT molecular complexity index is 744. The summed E-state index contributed by atoms with van der Waals surface area (Å²) in [4.78, 5) is 10.4. The van der Waals surface area contributed by atoms with Crippen LogP contribution in [0.3, 0.4) is 0 Å². The molecule has 5 atom stereocenters. The fourth-order valence-electron chi connectivity index (χ4n) is 7.15. The number of aryl methyl sites for hydroxylation is 1. The highest BCUT2D eigenvalue weighted by molar-refractivity contribution is 5.38. The molecule has 3 nitrogen and oxygen atoms in total. The third-order valence-electron chi connectivity index (χ3n) is 8.65. The summed E-state index contributed by atoms with van der Waals surface area (Å²) in [6, 6.07) is 1.92. The smallest absolute Gasteiger partial charge is 0.0451 e. The van der Waals surface area contributed by atoms with E-state index in [1.807, 2.05) is 0 Å². The molecule has 0 amide bonds. The van der Waals surface area contributed by atoms with E-state index in [9.17, 15) is 0 Å². The first-order valence-electron chi connectivity index (χ1n) is 13.5. The quantitative estimate of drug-likeness (QED) is 0.479. The molecule has 182 valence electrons. The number of hydrogen-bond donors (Lipinski definition) is 0. The lowest BCUT2D eigenvalue weighted by molar-refractivity contribution is -0.0187. The van der Waals surface area contributed by atoms with E-state index in [-0.39, 0.29) is 5.54 Å². The van der Waals surface area contributed by atoms with Gasteiger partial charge in [-0.25, -0.2) is 0 Å². The Morgan fingerprint density at radius 2 is 1.69 bits per heavy atom. The Hall–Kier alpha value is -0.930. The van der Waals surface area contributed by atoms with E-state index in [4.69, 9.17) is 4.98 Å². The van der Waals surface area contributed by atoms with E-state index >= 15 is 0 Å². The average molecular weight is 442 g/mol. The highest BCUT2D eigenvalue weighted by Crippen LogP contribution is 2.39. The molecule has 0 saturated carbocycles. The molecule has 3 heterocycles. The van der Waals surface area contributed by atoms with Crippen molar-refractivity contribution in [2.45, 2.75) is 137 Å². The number of aromatic nitrogens is 1. The summed E-state index contributed by atoms with van der Waals surface area (Å²) >= 11 is 0. The number of likely N-dealkylation sites (tertiary alicyclic amines) is 2. The van der Waals surface area contributed by atoms with E-state index in [1.165, 1.54) is 68.4 Å². The van der Waals surface area contributed by atoms with Gasteiger partial charge < -0.3 is 4.90 Å². The van der Waals surface area contributed by atoms with E-state index in [1.54, 1.807) is 5.56 Å². The summed E-state index contributed by atoms with van der Waals surface area (Å²) in [6.45, 7) is 24.1. The highest BCUT2D eigenvalue weighted by atomic mass is 15.2.